The van der Waals surface area contributed by atoms with Crippen LogP contribution < -0.4 is 5.48 Å². The number of para-hydroxylation sites is 1. The van der Waals surface area contributed by atoms with Crippen LogP contribution in [0, 0.1) is 16.0 Å². The van der Waals surface area contributed by atoms with E-state index in [-0.39, 0.29) is 16.5 Å². The van der Waals surface area contributed by atoms with Crippen molar-refractivity contribution in [3.05, 3.63) is 38.9 Å². The molecule has 0 bridgehead atoms. The third-order valence-corrected chi connectivity index (χ3v) is 2.30. The minimum Gasteiger partial charge on any atom is -0.273 e. The average Bonchev–Trinajstić information content (AvgIpc) is 2.27. The molecule has 0 saturated carbocycles. The Morgan fingerprint density at radius 1 is 1.56 bits per heavy atom. The van der Waals surface area contributed by atoms with Gasteiger partial charge in [0, 0.05) is 0 Å². The molecule has 1 aromatic carbocycles. The Morgan fingerprint density at radius 2 is 2.22 bits per heavy atom. The highest BCUT2D eigenvalue weighted by molar-refractivity contribution is 6.33. The fourth-order valence-electron chi connectivity index (χ4n) is 1.21. The minimum atomic E-state index is -0.695. The van der Waals surface area contributed by atoms with E-state index < -0.39 is 16.5 Å². The SMILES string of the molecule is CC(C)CONC(=O)c1cccc(Cl)c1[N+](=O)[O-]. The van der Waals surface area contributed by atoms with Gasteiger partial charge in [0.2, 0.25) is 0 Å². The molecular formula is C11H13ClN2O4. The maximum absolute atomic E-state index is 11.7. The third-order valence-electron chi connectivity index (χ3n) is 2.00. The predicted octanol–water partition coefficient (Wildman–Crippen LogP) is 2.57. The number of hydrogen-bond acceptors (Lipinski definition) is 4. The van der Waals surface area contributed by atoms with Crippen molar-refractivity contribution in [1.82, 2.24) is 5.48 Å². The Labute approximate surface area is 109 Å². The maximum Gasteiger partial charge on any atom is 0.300 e. The number of nitrogens with one attached hydrogen (secondary N) is 1. The number of rotatable bonds is 5. The van der Waals surface area contributed by atoms with Gasteiger partial charge in [-0.15, -0.1) is 0 Å². The van der Waals surface area contributed by atoms with Gasteiger partial charge >= 0.3 is 5.69 Å². The third kappa shape index (κ3) is 3.68. The first-order chi connectivity index (χ1) is 8.43. The van der Waals surface area contributed by atoms with Gasteiger partial charge in [-0.25, -0.2) is 5.48 Å². The monoisotopic (exact) mass is 272 g/mol. The zero-order valence-corrected chi connectivity index (χ0v) is 10.7. The van der Waals surface area contributed by atoms with Gasteiger partial charge in [-0.2, -0.15) is 0 Å². The second-order valence-electron chi connectivity index (χ2n) is 4.03. The molecule has 18 heavy (non-hydrogen) atoms. The molecule has 0 heterocycles. The summed E-state index contributed by atoms with van der Waals surface area (Å²) < 4.78 is 0. The van der Waals surface area contributed by atoms with Crippen molar-refractivity contribution in [2.45, 2.75) is 13.8 Å². The van der Waals surface area contributed by atoms with Crippen LogP contribution in [0.5, 0.6) is 0 Å². The molecule has 1 aromatic rings. The smallest absolute Gasteiger partial charge is 0.273 e. The number of hydroxylamine groups is 1. The lowest BCUT2D eigenvalue weighted by molar-refractivity contribution is -0.385. The van der Waals surface area contributed by atoms with Crippen molar-refractivity contribution in [3.8, 4) is 0 Å². The van der Waals surface area contributed by atoms with Crippen LogP contribution in [-0.4, -0.2) is 17.4 Å². The van der Waals surface area contributed by atoms with Crippen molar-refractivity contribution >= 4 is 23.2 Å². The molecule has 0 spiro atoms. The van der Waals surface area contributed by atoms with E-state index in [0.717, 1.165) is 0 Å². The van der Waals surface area contributed by atoms with E-state index in [1.807, 2.05) is 13.8 Å². The van der Waals surface area contributed by atoms with Gasteiger partial charge in [0.25, 0.3) is 5.91 Å². The van der Waals surface area contributed by atoms with E-state index >= 15 is 0 Å². The van der Waals surface area contributed by atoms with Crippen molar-refractivity contribution < 1.29 is 14.6 Å². The molecule has 1 N–H and O–H groups in total. The first-order valence-corrected chi connectivity index (χ1v) is 5.66. The van der Waals surface area contributed by atoms with E-state index in [4.69, 9.17) is 16.4 Å². The van der Waals surface area contributed by atoms with E-state index in [1.54, 1.807) is 0 Å². The Kier molecular flexibility index (Phi) is 5.06. The topological polar surface area (TPSA) is 81.5 Å². The van der Waals surface area contributed by atoms with Crippen LogP contribution in [-0.2, 0) is 4.84 Å². The number of amides is 1. The number of carbonyl (C=O) groups excluding carboxylic acids is 1. The van der Waals surface area contributed by atoms with Gasteiger partial charge in [0.05, 0.1) is 11.5 Å². The molecule has 6 nitrogen and oxygen atoms in total. The largest absolute Gasteiger partial charge is 0.300 e. The van der Waals surface area contributed by atoms with E-state index in [1.165, 1.54) is 18.2 Å². The highest BCUT2D eigenvalue weighted by Crippen LogP contribution is 2.27. The molecular weight excluding hydrogens is 260 g/mol. The molecule has 0 radical (unpaired) electrons. The Bertz CT molecular complexity index is 462. The van der Waals surface area contributed by atoms with E-state index in [0.29, 0.717) is 6.61 Å². The fourth-order valence-corrected chi connectivity index (χ4v) is 1.46. The van der Waals surface area contributed by atoms with E-state index in [2.05, 4.69) is 5.48 Å². The molecule has 0 aliphatic carbocycles. The molecule has 7 heteroatoms. The first kappa shape index (κ1) is 14.4. The quantitative estimate of drug-likeness (QED) is 0.660. The molecule has 1 rings (SSSR count). The highest BCUT2D eigenvalue weighted by atomic mass is 35.5. The zero-order valence-electron chi connectivity index (χ0n) is 9.97. The van der Waals surface area contributed by atoms with Crippen LogP contribution in [0.25, 0.3) is 0 Å². The Morgan fingerprint density at radius 3 is 2.78 bits per heavy atom. The highest BCUT2D eigenvalue weighted by Gasteiger charge is 2.23. The molecule has 0 fully saturated rings. The molecule has 1 amide bonds. The average molecular weight is 273 g/mol. The van der Waals surface area contributed by atoms with Gasteiger partial charge < -0.3 is 0 Å². The van der Waals surface area contributed by atoms with Crippen LogP contribution >= 0.6 is 11.6 Å². The number of carbonyl (C=O) groups is 1. The fraction of sp³-hybridized carbons (Fsp3) is 0.364. The first-order valence-electron chi connectivity index (χ1n) is 5.28. The summed E-state index contributed by atoms with van der Waals surface area (Å²) in [5.74, 6) is -0.454. The number of benzene rings is 1. The van der Waals surface area contributed by atoms with E-state index in [9.17, 15) is 14.9 Å². The Hall–Kier alpha value is -1.66. The number of hydrogen-bond donors (Lipinski definition) is 1. The van der Waals surface area contributed by atoms with Gasteiger partial charge in [0.1, 0.15) is 10.6 Å². The van der Waals surface area contributed by atoms with Crippen LogP contribution in [0.15, 0.2) is 18.2 Å². The van der Waals surface area contributed by atoms with Crippen molar-refractivity contribution in [2.75, 3.05) is 6.61 Å². The summed E-state index contributed by atoms with van der Waals surface area (Å²) in [7, 11) is 0. The zero-order chi connectivity index (χ0) is 13.7. The van der Waals surface area contributed by atoms with Crippen molar-refractivity contribution in [2.24, 2.45) is 5.92 Å². The molecule has 0 aliphatic heterocycles. The summed E-state index contributed by atoms with van der Waals surface area (Å²) in [6, 6.07) is 4.14. The molecule has 0 saturated heterocycles. The molecule has 0 aliphatic rings. The lowest BCUT2D eigenvalue weighted by Crippen LogP contribution is -2.26. The van der Waals surface area contributed by atoms with Crippen LogP contribution in [0.4, 0.5) is 5.69 Å². The van der Waals surface area contributed by atoms with Gasteiger partial charge in [-0.3, -0.25) is 19.7 Å². The molecule has 0 aromatic heterocycles. The lowest BCUT2D eigenvalue weighted by Gasteiger charge is -2.08. The standard InChI is InChI=1S/C11H13ClN2O4/c1-7(2)6-18-13-11(15)8-4-3-5-9(12)10(8)14(16)17/h3-5,7H,6H2,1-2H3,(H,13,15). The number of nitro groups is 1. The summed E-state index contributed by atoms with van der Waals surface area (Å²) in [5.41, 5.74) is 1.60. The summed E-state index contributed by atoms with van der Waals surface area (Å²) in [6.45, 7) is 4.14. The van der Waals surface area contributed by atoms with Crippen molar-refractivity contribution in [3.63, 3.8) is 0 Å². The second-order valence-corrected chi connectivity index (χ2v) is 4.44. The lowest BCUT2D eigenvalue weighted by atomic mass is 10.2. The van der Waals surface area contributed by atoms with Gasteiger partial charge in [-0.1, -0.05) is 31.5 Å². The summed E-state index contributed by atoms with van der Waals surface area (Å²) in [5, 5.41) is 10.7. The van der Waals surface area contributed by atoms with Crippen LogP contribution in [0.1, 0.15) is 24.2 Å². The molecule has 98 valence electrons. The maximum atomic E-state index is 11.7. The molecule has 0 unspecified atom stereocenters. The second kappa shape index (κ2) is 6.32. The molecule has 0 atom stereocenters. The van der Waals surface area contributed by atoms with Gasteiger partial charge in [0.15, 0.2) is 0 Å². The summed E-state index contributed by atoms with van der Waals surface area (Å²) in [6.07, 6.45) is 0. The minimum absolute atomic E-state index is 0.0866. The normalized spacial score (nSPS) is 10.4. The summed E-state index contributed by atoms with van der Waals surface area (Å²) in [4.78, 5) is 26.8. The number of halogens is 1. The number of nitro benzene ring substituents is 1. The summed E-state index contributed by atoms with van der Waals surface area (Å²) >= 11 is 5.69. The van der Waals surface area contributed by atoms with Crippen LogP contribution in [0.2, 0.25) is 5.02 Å². The number of nitrogens with zero attached hydrogens (tertiary/aromatic N) is 1. The predicted molar refractivity (Wildman–Crippen MR) is 66.4 cm³/mol. The van der Waals surface area contributed by atoms with Gasteiger partial charge in [-0.05, 0) is 18.1 Å². The van der Waals surface area contributed by atoms with Crippen molar-refractivity contribution in [1.29, 1.82) is 0 Å². The van der Waals surface area contributed by atoms with Crippen LogP contribution in [0.3, 0.4) is 0 Å². The Balaban J connectivity index is 2.86.